The molecule has 0 aliphatic carbocycles. The summed E-state index contributed by atoms with van der Waals surface area (Å²) in [6, 6.07) is 9.69. The Morgan fingerprint density at radius 3 is 2.72 bits per heavy atom. The number of hydrogen-bond acceptors (Lipinski definition) is 3. The van der Waals surface area contributed by atoms with E-state index in [4.69, 9.17) is 17.3 Å². The number of hydrogen-bond donors (Lipinski definition) is 1. The second-order valence-corrected chi connectivity index (χ2v) is 4.72. The molecule has 1 heterocycles. The first-order valence-electron chi connectivity index (χ1n) is 5.75. The number of nitrogen functional groups attached to an aromatic ring is 1. The maximum Gasteiger partial charge on any atom is 0.152 e. The average molecular weight is 262 g/mol. The molecule has 0 aliphatic heterocycles. The Labute approximate surface area is 112 Å². The van der Waals surface area contributed by atoms with Crippen LogP contribution in [0.3, 0.4) is 0 Å². The van der Waals surface area contributed by atoms with E-state index >= 15 is 0 Å². The molecule has 0 unspecified atom stereocenters. The Kier molecular flexibility index (Phi) is 3.72. The van der Waals surface area contributed by atoms with Gasteiger partial charge < -0.3 is 10.6 Å². The Morgan fingerprint density at radius 1 is 1.28 bits per heavy atom. The largest absolute Gasteiger partial charge is 0.396 e. The third-order valence-corrected chi connectivity index (χ3v) is 3.28. The normalized spacial score (nSPS) is 10.4. The molecule has 0 radical (unpaired) electrons. The number of nitrogens with zero attached hydrogens (tertiary/aromatic N) is 2. The lowest BCUT2D eigenvalue weighted by atomic mass is 10.2. The zero-order valence-electron chi connectivity index (χ0n) is 10.5. The van der Waals surface area contributed by atoms with Gasteiger partial charge in [-0.3, -0.25) is 0 Å². The Hall–Kier alpha value is -1.74. The summed E-state index contributed by atoms with van der Waals surface area (Å²) in [6.07, 6.45) is 1.77. The van der Waals surface area contributed by atoms with E-state index in [1.54, 1.807) is 6.20 Å². The third-order valence-electron chi connectivity index (χ3n) is 2.91. The highest BCUT2D eigenvalue weighted by Gasteiger charge is 2.10. The van der Waals surface area contributed by atoms with Crippen molar-refractivity contribution in [3.05, 3.63) is 52.7 Å². The molecular formula is C14H16ClN3. The molecule has 0 fully saturated rings. The number of aryl methyl sites for hydroxylation is 1. The van der Waals surface area contributed by atoms with Crippen LogP contribution in [0.2, 0.25) is 5.02 Å². The summed E-state index contributed by atoms with van der Waals surface area (Å²) in [5.74, 6) is 0.787. The van der Waals surface area contributed by atoms with Gasteiger partial charge in [0, 0.05) is 24.8 Å². The summed E-state index contributed by atoms with van der Waals surface area (Å²) in [5, 5.41) is 0.760. The molecule has 18 heavy (non-hydrogen) atoms. The summed E-state index contributed by atoms with van der Waals surface area (Å²) in [4.78, 5) is 6.33. The minimum Gasteiger partial charge on any atom is -0.396 e. The van der Waals surface area contributed by atoms with Gasteiger partial charge in [0.05, 0.1) is 5.69 Å². The van der Waals surface area contributed by atoms with Gasteiger partial charge in [-0.25, -0.2) is 4.98 Å². The molecule has 3 nitrogen and oxygen atoms in total. The van der Waals surface area contributed by atoms with Crippen molar-refractivity contribution in [2.24, 2.45) is 0 Å². The number of aromatic nitrogens is 1. The molecule has 1 aromatic heterocycles. The fourth-order valence-corrected chi connectivity index (χ4v) is 2.01. The highest BCUT2D eigenvalue weighted by atomic mass is 35.5. The summed E-state index contributed by atoms with van der Waals surface area (Å²) >= 11 is 6.15. The first-order chi connectivity index (χ1) is 8.59. The third kappa shape index (κ3) is 2.57. The van der Waals surface area contributed by atoms with Crippen LogP contribution < -0.4 is 10.6 Å². The predicted molar refractivity (Wildman–Crippen MR) is 76.9 cm³/mol. The molecule has 0 amide bonds. The van der Waals surface area contributed by atoms with Crippen molar-refractivity contribution in [1.82, 2.24) is 4.98 Å². The summed E-state index contributed by atoms with van der Waals surface area (Å²) in [5.41, 5.74) is 8.85. The van der Waals surface area contributed by atoms with E-state index in [2.05, 4.69) is 4.98 Å². The van der Waals surface area contributed by atoms with Gasteiger partial charge >= 0.3 is 0 Å². The summed E-state index contributed by atoms with van der Waals surface area (Å²) in [7, 11) is 1.96. The fourth-order valence-electron chi connectivity index (χ4n) is 1.82. The van der Waals surface area contributed by atoms with Crippen molar-refractivity contribution < 1.29 is 0 Å². The van der Waals surface area contributed by atoms with Crippen LogP contribution in [0.5, 0.6) is 0 Å². The SMILES string of the molecule is Cc1ccnc(N(C)Cc2ccccc2Cl)c1N. The first kappa shape index (κ1) is 12.7. The molecule has 0 bridgehead atoms. The average Bonchev–Trinajstić information content (AvgIpc) is 2.35. The number of nitrogens with two attached hydrogens (primary N) is 1. The van der Waals surface area contributed by atoms with Crippen molar-refractivity contribution in [1.29, 1.82) is 0 Å². The van der Waals surface area contributed by atoms with Gasteiger partial charge in [-0.15, -0.1) is 0 Å². The van der Waals surface area contributed by atoms with Crippen molar-refractivity contribution in [2.75, 3.05) is 17.7 Å². The van der Waals surface area contributed by atoms with Crippen LogP contribution >= 0.6 is 11.6 Å². The van der Waals surface area contributed by atoms with Crippen LogP contribution in [0, 0.1) is 6.92 Å². The molecule has 1 aromatic carbocycles. The lowest BCUT2D eigenvalue weighted by Gasteiger charge is -2.21. The molecule has 0 spiro atoms. The van der Waals surface area contributed by atoms with Crippen LogP contribution in [0.25, 0.3) is 0 Å². The molecule has 4 heteroatoms. The quantitative estimate of drug-likeness (QED) is 0.922. The minimum atomic E-state index is 0.681. The lowest BCUT2D eigenvalue weighted by molar-refractivity contribution is 0.899. The maximum absolute atomic E-state index is 6.15. The van der Waals surface area contributed by atoms with E-state index in [0.29, 0.717) is 12.2 Å². The molecule has 2 rings (SSSR count). The highest BCUT2D eigenvalue weighted by Crippen LogP contribution is 2.25. The smallest absolute Gasteiger partial charge is 0.152 e. The van der Waals surface area contributed by atoms with Gasteiger partial charge in [-0.2, -0.15) is 0 Å². The van der Waals surface area contributed by atoms with Gasteiger partial charge in [0.2, 0.25) is 0 Å². The molecule has 2 aromatic rings. The molecule has 94 valence electrons. The standard InChI is InChI=1S/C14H16ClN3/c1-10-7-8-17-14(13(10)16)18(2)9-11-5-3-4-6-12(11)15/h3-8H,9,16H2,1-2H3. The van der Waals surface area contributed by atoms with Gasteiger partial charge in [0.25, 0.3) is 0 Å². The molecule has 2 N–H and O–H groups in total. The maximum atomic E-state index is 6.15. The van der Waals surface area contributed by atoms with Crippen LogP contribution in [0.4, 0.5) is 11.5 Å². The van der Waals surface area contributed by atoms with Crippen molar-refractivity contribution in [3.63, 3.8) is 0 Å². The van der Waals surface area contributed by atoms with Gasteiger partial charge in [0.15, 0.2) is 5.82 Å². The monoisotopic (exact) mass is 261 g/mol. The van der Waals surface area contributed by atoms with Gasteiger partial charge in [-0.05, 0) is 30.2 Å². The van der Waals surface area contributed by atoms with E-state index < -0.39 is 0 Å². The number of pyridine rings is 1. The Morgan fingerprint density at radius 2 is 2.00 bits per heavy atom. The van der Waals surface area contributed by atoms with Crippen molar-refractivity contribution in [2.45, 2.75) is 13.5 Å². The van der Waals surface area contributed by atoms with E-state index in [0.717, 1.165) is 22.0 Å². The van der Waals surface area contributed by atoms with Crippen LogP contribution in [0.1, 0.15) is 11.1 Å². The zero-order chi connectivity index (χ0) is 13.1. The van der Waals surface area contributed by atoms with E-state index in [1.165, 1.54) is 0 Å². The predicted octanol–water partition coefficient (Wildman–Crippen LogP) is 3.26. The topological polar surface area (TPSA) is 42.2 Å². The number of benzene rings is 1. The summed E-state index contributed by atoms with van der Waals surface area (Å²) in [6.45, 7) is 2.66. The second-order valence-electron chi connectivity index (χ2n) is 4.31. The van der Waals surface area contributed by atoms with Crippen LogP contribution in [-0.2, 0) is 6.54 Å². The fraction of sp³-hybridized carbons (Fsp3) is 0.214. The zero-order valence-corrected chi connectivity index (χ0v) is 11.3. The summed E-state index contributed by atoms with van der Waals surface area (Å²) < 4.78 is 0. The molecule has 0 saturated carbocycles. The van der Waals surface area contributed by atoms with Gasteiger partial charge in [-0.1, -0.05) is 29.8 Å². The van der Waals surface area contributed by atoms with Crippen LogP contribution in [0.15, 0.2) is 36.5 Å². The van der Waals surface area contributed by atoms with Gasteiger partial charge in [0.1, 0.15) is 0 Å². The van der Waals surface area contributed by atoms with Crippen molar-refractivity contribution >= 4 is 23.1 Å². The van der Waals surface area contributed by atoms with E-state index in [9.17, 15) is 0 Å². The highest BCUT2D eigenvalue weighted by molar-refractivity contribution is 6.31. The molecular weight excluding hydrogens is 246 g/mol. The lowest BCUT2D eigenvalue weighted by Crippen LogP contribution is -2.19. The van der Waals surface area contributed by atoms with E-state index in [1.807, 2.05) is 49.2 Å². The Bertz CT molecular complexity index is 554. The van der Waals surface area contributed by atoms with Crippen LogP contribution in [-0.4, -0.2) is 12.0 Å². The molecule has 0 aliphatic rings. The second kappa shape index (κ2) is 5.27. The first-order valence-corrected chi connectivity index (χ1v) is 6.13. The Balaban J connectivity index is 2.25. The number of halogens is 1. The number of rotatable bonds is 3. The van der Waals surface area contributed by atoms with Crippen molar-refractivity contribution in [3.8, 4) is 0 Å². The minimum absolute atomic E-state index is 0.681. The molecule has 0 saturated heterocycles. The molecule has 0 atom stereocenters. The number of anilines is 2. The van der Waals surface area contributed by atoms with E-state index in [-0.39, 0.29) is 0 Å².